The molecule has 1 aromatic heterocycles. The number of aromatic nitrogens is 3. The van der Waals surface area contributed by atoms with E-state index in [1.807, 2.05) is 24.3 Å². The fourth-order valence-corrected chi connectivity index (χ4v) is 3.41. The van der Waals surface area contributed by atoms with Gasteiger partial charge in [-0.15, -0.1) is 5.10 Å². The van der Waals surface area contributed by atoms with Gasteiger partial charge in [0, 0.05) is 6.54 Å². The van der Waals surface area contributed by atoms with Crippen molar-refractivity contribution >= 4 is 11.6 Å². The monoisotopic (exact) mass is 328 g/mol. The lowest BCUT2D eigenvalue weighted by atomic mass is 9.78. The summed E-state index contributed by atoms with van der Waals surface area (Å²) in [4.78, 5) is 14.6. The molecule has 1 aliphatic carbocycles. The number of carbonyl (C=O) groups is 1. The third-order valence-corrected chi connectivity index (χ3v) is 5.04. The molecule has 126 valence electrons. The van der Waals surface area contributed by atoms with Crippen LogP contribution < -0.4 is 9.64 Å². The molecular formula is C17H20N4O3. The maximum Gasteiger partial charge on any atom is 0.252 e. The van der Waals surface area contributed by atoms with E-state index in [4.69, 9.17) is 4.74 Å². The van der Waals surface area contributed by atoms with Crippen molar-refractivity contribution in [1.29, 1.82) is 0 Å². The number of para-hydroxylation sites is 2. The van der Waals surface area contributed by atoms with Crippen LogP contribution in [0.3, 0.4) is 0 Å². The summed E-state index contributed by atoms with van der Waals surface area (Å²) in [5.41, 5.74) is 0.477. The largest absolute Gasteiger partial charge is 0.495 e. The molecule has 4 rings (SSSR count). The van der Waals surface area contributed by atoms with Crippen LogP contribution in [0.25, 0.3) is 0 Å². The van der Waals surface area contributed by atoms with E-state index in [2.05, 4.69) is 10.3 Å². The first-order chi connectivity index (χ1) is 11.6. The van der Waals surface area contributed by atoms with Crippen LogP contribution in [0.15, 0.2) is 30.5 Å². The fraction of sp³-hybridized carbons (Fsp3) is 0.471. The minimum atomic E-state index is -0.859. The van der Waals surface area contributed by atoms with E-state index < -0.39 is 5.60 Å². The Balaban J connectivity index is 1.57. The van der Waals surface area contributed by atoms with Gasteiger partial charge in [0.25, 0.3) is 5.91 Å². The summed E-state index contributed by atoms with van der Waals surface area (Å²) < 4.78 is 6.94. The summed E-state index contributed by atoms with van der Waals surface area (Å²) in [6.07, 6.45) is 4.77. The lowest BCUT2D eigenvalue weighted by Crippen LogP contribution is -2.34. The van der Waals surface area contributed by atoms with Gasteiger partial charge >= 0.3 is 0 Å². The van der Waals surface area contributed by atoms with Crippen LogP contribution >= 0.6 is 0 Å². The number of ether oxygens (including phenoxy) is 1. The number of carbonyl (C=O) groups excluding carboxylic acids is 1. The zero-order chi connectivity index (χ0) is 16.7. The standard InChI is InChI=1S/C17H20N4O3/c1-24-14-6-3-2-5-12(14)20-10-7-13(16(20)22)21-11-15(18-19-21)17(23)8-4-9-17/h2-3,5-6,11,13,23H,4,7-10H2,1H3. The van der Waals surface area contributed by atoms with Crippen LogP contribution in [0.2, 0.25) is 0 Å². The molecule has 2 aliphatic rings. The Morgan fingerprint density at radius 2 is 2.12 bits per heavy atom. The van der Waals surface area contributed by atoms with Gasteiger partial charge in [0.15, 0.2) is 0 Å². The molecule has 0 spiro atoms. The number of amides is 1. The van der Waals surface area contributed by atoms with Gasteiger partial charge in [0.1, 0.15) is 23.1 Å². The van der Waals surface area contributed by atoms with E-state index in [0.29, 0.717) is 37.3 Å². The van der Waals surface area contributed by atoms with Crippen molar-refractivity contribution in [2.24, 2.45) is 0 Å². The van der Waals surface area contributed by atoms with Crippen molar-refractivity contribution < 1.29 is 14.6 Å². The van der Waals surface area contributed by atoms with E-state index in [-0.39, 0.29) is 11.9 Å². The highest BCUT2D eigenvalue weighted by molar-refractivity contribution is 5.99. The summed E-state index contributed by atoms with van der Waals surface area (Å²) in [6.45, 7) is 0.601. The number of benzene rings is 1. The van der Waals surface area contributed by atoms with E-state index in [1.54, 1.807) is 22.9 Å². The van der Waals surface area contributed by atoms with Crippen LogP contribution in [0.4, 0.5) is 5.69 Å². The highest BCUT2D eigenvalue weighted by Gasteiger charge is 2.41. The average molecular weight is 328 g/mol. The first kappa shape index (κ1) is 15.1. The van der Waals surface area contributed by atoms with E-state index in [9.17, 15) is 9.90 Å². The average Bonchev–Trinajstić information content (AvgIpc) is 3.19. The molecule has 1 saturated carbocycles. The van der Waals surface area contributed by atoms with E-state index in [0.717, 1.165) is 12.1 Å². The van der Waals surface area contributed by atoms with Gasteiger partial charge in [-0.3, -0.25) is 4.79 Å². The first-order valence-electron chi connectivity index (χ1n) is 8.21. The fourth-order valence-electron chi connectivity index (χ4n) is 3.41. The number of hydrogen-bond donors (Lipinski definition) is 1. The number of hydrogen-bond acceptors (Lipinski definition) is 5. The van der Waals surface area contributed by atoms with Gasteiger partial charge in [-0.05, 0) is 37.8 Å². The molecule has 7 heteroatoms. The maximum atomic E-state index is 12.8. The predicted molar refractivity (Wildman–Crippen MR) is 86.8 cm³/mol. The molecule has 1 unspecified atom stereocenters. The Morgan fingerprint density at radius 1 is 1.33 bits per heavy atom. The molecule has 0 radical (unpaired) electrons. The Kier molecular flexibility index (Phi) is 3.53. The topological polar surface area (TPSA) is 80.5 Å². The maximum absolute atomic E-state index is 12.8. The zero-order valence-corrected chi connectivity index (χ0v) is 13.6. The van der Waals surface area contributed by atoms with Gasteiger partial charge in [0.05, 0.1) is 19.0 Å². The summed E-state index contributed by atoms with van der Waals surface area (Å²) >= 11 is 0. The summed E-state index contributed by atoms with van der Waals surface area (Å²) in [5, 5.41) is 18.6. The summed E-state index contributed by atoms with van der Waals surface area (Å²) in [5.74, 6) is 0.645. The second-order valence-electron chi connectivity index (χ2n) is 6.44. The molecule has 1 aliphatic heterocycles. The Morgan fingerprint density at radius 3 is 2.83 bits per heavy atom. The number of methoxy groups -OCH3 is 1. The lowest BCUT2D eigenvalue weighted by molar-refractivity contribution is -0.120. The number of rotatable bonds is 4. The molecule has 24 heavy (non-hydrogen) atoms. The third-order valence-electron chi connectivity index (χ3n) is 5.04. The van der Waals surface area contributed by atoms with Crippen LogP contribution in [-0.4, -0.2) is 39.7 Å². The minimum absolute atomic E-state index is 0.0310. The van der Waals surface area contributed by atoms with Crippen molar-refractivity contribution in [2.75, 3.05) is 18.6 Å². The highest BCUT2D eigenvalue weighted by Crippen LogP contribution is 2.40. The highest BCUT2D eigenvalue weighted by atomic mass is 16.5. The molecule has 2 aromatic rings. The molecule has 2 fully saturated rings. The lowest BCUT2D eigenvalue weighted by Gasteiger charge is -2.34. The predicted octanol–water partition coefficient (Wildman–Crippen LogP) is 1.64. The molecule has 1 N–H and O–H groups in total. The molecule has 0 bridgehead atoms. The second-order valence-corrected chi connectivity index (χ2v) is 6.44. The molecule has 1 aromatic carbocycles. The minimum Gasteiger partial charge on any atom is -0.495 e. The molecule has 1 atom stereocenters. The summed E-state index contributed by atoms with van der Waals surface area (Å²) in [6, 6.07) is 7.10. The van der Waals surface area contributed by atoms with Crippen LogP contribution in [-0.2, 0) is 10.4 Å². The molecule has 1 saturated heterocycles. The molecule has 7 nitrogen and oxygen atoms in total. The second kappa shape index (κ2) is 5.59. The quantitative estimate of drug-likeness (QED) is 0.923. The molecular weight excluding hydrogens is 308 g/mol. The normalized spacial score (nSPS) is 22.5. The summed E-state index contributed by atoms with van der Waals surface area (Å²) in [7, 11) is 1.60. The molecule has 2 heterocycles. The van der Waals surface area contributed by atoms with Crippen molar-refractivity contribution in [3.05, 3.63) is 36.2 Å². The van der Waals surface area contributed by atoms with Crippen molar-refractivity contribution in [1.82, 2.24) is 15.0 Å². The van der Waals surface area contributed by atoms with Crippen molar-refractivity contribution in [3.8, 4) is 5.75 Å². The van der Waals surface area contributed by atoms with Gasteiger partial charge in [-0.2, -0.15) is 0 Å². The van der Waals surface area contributed by atoms with Crippen molar-refractivity contribution in [2.45, 2.75) is 37.3 Å². The van der Waals surface area contributed by atoms with Crippen LogP contribution in [0, 0.1) is 0 Å². The van der Waals surface area contributed by atoms with E-state index in [1.165, 1.54) is 0 Å². The number of anilines is 1. The van der Waals surface area contributed by atoms with Crippen LogP contribution in [0.5, 0.6) is 5.75 Å². The first-order valence-corrected chi connectivity index (χ1v) is 8.21. The smallest absolute Gasteiger partial charge is 0.252 e. The van der Waals surface area contributed by atoms with Crippen molar-refractivity contribution in [3.63, 3.8) is 0 Å². The van der Waals surface area contributed by atoms with Gasteiger partial charge < -0.3 is 14.7 Å². The Labute approximate surface area is 139 Å². The third kappa shape index (κ3) is 2.27. The Hall–Kier alpha value is -2.41. The van der Waals surface area contributed by atoms with Gasteiger partial charge in [-0.25, -0.2) is 4.68 Å². The molecule has 1 amide bonds. The van der Waals surface area contributed by atoms with Gasteiger partial charge in [0.2, 0.25) is 0 Å². The zero-order valence-electron chi connectivity index (χ0n) is 13.6. The van der Waals surface area contributed by atoms with Crippen LogP contribution in [0.1, 0.15) is 37.4 Å². The Bertz CT molecular complexity index is 769. The number of aliphatic hydroxyl groups is 1. The number of nitrogens with zero attached hydrogens (tertiary/aromatic N) is 4. The van der Waals surface area contributed by atoms with Gasteiger partial charge in [-0.1, -0.05) is 17.3 Å². The van der Waals surface area contributed by atoms with E-state index >= 15 is 0 Å². The SMILES string of the molecule is COc1ccccc1N1CCC(n2cc(C3(O)CCC3)nn2)C1=O.